The van der Waals surface area contributed by atoms with Crippen LogP contribution in [0.2, 0.25) is 5.02 Å². The molecule has 1 aromatic carbocycles. The van der Waals surface area contributed by atoms with Crippen LogP contribution in [-0.2, 0) is 0 Å². The standard InChI is InChI=1S/C16H27ClN2/c1-4-12-19(6-3)13-11-16(18-5-2)14-7-9-15(17)10-8-14/h7-10,16,18H,4-6,11-13H2,1-3H3. The Morgan fingerprint density at radius 1 is 1.11 bits per heavy atom. The number of hydrogen-bond donors (Lipinski definition) is 1. The molecule has 0 spiro atoms. The highest BCUT2D eigenvalue weighted by molar-refractivity contribution is 6.30. The number of nitrogens with one attached hydrogen (secondary N) is 1. The maximum absolute atomic E-state index is 5.96. The fraction of sp³-hybridized carbons (Fsp3) is 0.625. The number of benzene rings is 1. The van der Waals surface area contributed by atoms with Crippen molar-refractivity contribution in [3.63, 3.8) is 0 Å². The monoisotopic (exact) mass is 282 g/mol. The first-order chi connectivity index (χ1) is 9.21. The van der Waals surface area contributed by atoms with Crippen LogP contribution < -0.4 is 5.32 Å². The molecule has 1 unspecified atom stereocenters. The predicted molar refractivity (Wildman–Crippen MR) is 84.9 cm³/mol. The van der Waals surface area contributed by atoms with E-state index in [0.717, 1.165) is 31.1 Å². The highest BCUT2D eigenvalue weighted by Crippen LogP contribution is 2.19. The number of rotatable bonds is 9. The van der Waals surface area contributed by atoms with Gasteiger partial charge in [0, 0.05) is 11.1 Å². The summed E-state index contributed by atoms with van der Waals surface area (Å²) >= 11 is 5.96. The van der Waals surface area contributed by atoms with Gasteiger partial charge in [0.1, 0.15) is 0 Å². The summed E-state index contributed by atoms with van der Waals surface area (Å²) in [4.78, 5) is 2.51. The highest BCUT2D eigenvalue weighted by Gasteiger charge is 2.11. The van der Waals surface area contributed by atoms with Crippen LogP contribution in [0.1, 0.15) is 45.2 Å². The van der Waals surface area contributed by atoms with Crippen molar-refractivity contribution in [2.45, 2.75) is 39.7 Å². The summed E-state index contributed by atoms with van der Waals surface area (Å²) < 4.78 is 0. The maximum atomic E-state index is 5.96. The summed E-state index contributed by atoms with van der Waals surface area (Å²) in [5, 5.41) is 4.38. The van der Waals surface area contributed by atoms with Crippen molar-refractivity contribution in [3.8, 4) is 0 Å². The number of hydrogen-bond acceptors (Lipinski definition) is 2. The molecule has 19 heavy (non-hydrogen) atoms. The van der Waals surface area contributed by atoms with Gasteiger partial charge in [0.15, 0.2) is 0 Å². The summed E-state index contributed by atoms with van der Waals surface area (Å²) in [6.45, 7) is 11.1. The molecule has 0 amide bonds. The lowest BCUT2D eigenvalue weighted by Gasteiger charge is -2.24. The zero-order valence-corrected chi connectivity index (χ0v) is 13.2. The molecular formula is C16H27ClN2. The maximum Gasteiger partial charge on any atom is 0.0406 e. The molecule has 1 rings (SSSR count). The van der Waals surface area contributed by atoms with Gasteiger partial charge in [-0.1, -0.05) is 44.5 Å². The van der Waals surface area contributed by atoms with E-state index in [2.05, 4.69) is 43.1 Å². The Balaban J connectivity index is 2.59. The fourth-order valence-electron chi connectivity index (χ4n) is 2.38. The Labute approximate surface area is 123 Å². The smallest absolute Gasteiger partial charge is 0.0406 e. The molecule has 0 bridgehead atoms. The van der Waals surface area contributed by atoms with Crippen LogP contribution in [-0.4, -0.2) is 31.1 Å². The van der Waals surface area contributed by atoms with Crippen LogP contribution in [0.15, 0.2) is 24.3 Å². The first-order valence-corrected chi connectivity index (χ1v) is 7.80. The quantitative estimate of drug-likeness (QED) is 0.733. The molecule has 0 aliphatic rings. The van der Waals surface area contributed by atoms with E-state index >= 15 is 0 Å². The number of halogens is 1. The van der Waals surface area contributed by atoms with E-state index in [1.165, 1.54) is 18.5 Å². The molecule has 1 N–H and O–H groups in total. The minimum absolute atomic E-state index is 0.424. The Kier molecular flexibility index (Phi) is 8.11. The minimum Gasteiger partial charge on any atom is -0.310 e. The van der Waals surface area contributed by atoms with Crippen molar-refractivity contribution in [2.24, 2.45) is 0 Å². The van der Waals surface area contributed by atoms with Gasteiger partial charge >= 0.3 is 0 Å². The normalized spacial score (nSPS) is 12.9. The van der Waals surface area contributed by atoms with Gasteiger partial charge in [-0.25, -0.2) is 0 Å². The lowest BCUT2D eigenvalue weighted by atomic mass is 10.0. The largest absolute Gasteiger partial charge is 0.310 e. The van der Waals surface area contributed by atoms with Gasteiger partial charge < -0.3 is 10.2 Å². The summed E-state index contributed by atoms with van der Waals surface area (Å²) in [6.07, 6.45) is 2.37. The summed E-state index contributed by atoms with van der Waals surface area (Å²) in [5.41, 5.74) is 1.33. The average molecular weight is 283 g/mol. The summed E-state index contributed by atoms with van der Waals surface area (Å²) in [6, 6.07) is 8.64. The van der Waals surface area contributed by atoms with Crippen LogP contribution in [0.25, 0.3) is 0 Å². The van der Waals surface area contributed by atoms with Crippen molar-refractivity contribution in [1.82, 2.24) is 10.2 Å². The summed E-state index contributed by atoms with van der Waals surface area (Å²) in [7, 11) is 0. The molecule has 0 saturated carbocycles. The van der Waals surface area contributed by atoms with Crippen molar-refractivity contribution in [1.29, 1.82) is 0 Å². The fourth-order valence-corrected chi connectivity index (χ4v) is 2.51. The molecule has 0 fully saturated rings. The minimum atomic E-state index is 0.424. The molecule has 2 nitrogen and oxygen atoms in total. The molecule has 0 aliphatic heterocycles. The summed E-state index contributed by atoms with van der Waals surface area (Å²) in [5.74, 6) is 0. The van der Waals surface area contributed by atoms with Crippen LogP contribution in [0.5, 0.6) is 0 Å². The molecular weight excluding hydrogens is 256 g/mol. The van der Waals surface area contributed by atoms with E-state index < -0.39 is 0 Å². The first-order valence-electron chi connectivity index (χ1n) is 7.42. The molecule has 0 heterocycles. The topological polar surface area (TPSA) is 15.3 Å². The predicted octanol–water partition coefficient (Wildman–Crippen LogP) is 4.11. The Bertz CT molecular complexity index is 337. The molecule has 1 aromatic rings. The van der Waals surface area contributed by atoms with E-state index in [1.54, 1.807) is 0 Å². The van der Waals surface area contributed by atoms with Gasteiger partial charge in [-0.15, -0.1) is 0 Å². The molecule has 0 radical (unpaired) electrons. The zero-order valence-electron chi connectivity index (χ0n) is 12.5. The van der Waals surface area contributed by atoms with E-state index in [-0.39, 0.29) is 0 Å². The lowest BCUT2D eigenvalue weighted by molar-refractivity contribution is 0.270. The van der Waals surface area contributed by atoms with Gasteiger partial charge in [-0.05, 0) is 56.7 Å². The van der Waals surface area contributed by atoms with Crippen molar-refractivity contribution in [3.05, 3.63) is 34.9 Å². The first kappa shape index (κ1) is 16.5. The third-order valence-electron chi connectivity index (χ3n) is 3.44. The van der Waals surface area contributed by atoms with Crippen molar-refractivity contribution >= 4 is 11.6 Å². The molecule has 108 valence electrons. The van der Waals surface area contributed by atoms with Crippen LogP contribution in [0.3, 0.4) is 0 Å². The van der Waals surface area contributed by atoms with Crippen LogP contribution in [0.4, 0.5) is 0 Å². The third kappa shape index (κ3) is 5.94. The SMILES string of the molecule is CCCN(CC)CCC(NCC)c1ccc(Cl)cc1. The average Bonchev–Trinajstić information content (AvgIpc) is 2.43. The van der Waals surface area contributed by atoms with Gasteiger partial charge in [-0.2, -0.15) is 0 Å². The van der Waals surface area contributed by atoms with Gasteiger partial charge in [0.25, 0.3) is 0 Å². The van der Waals surface area contributed by atoms with Crippen LogP contribution >= 0.6 is 11.6 Å². The molecule has 0 aromatic heterocycles. The zero-order chi connectivity index (χ0) is 14.1. The molecule has 0 saturated heterocycles. The van der Waals surface area contributed by atoms with E-state index in [4.69, 9.17) is 11.6 Å². The van der Waals surface area contributed by atoms with Gasteiger partial charge in [-0.3, -0.25) is 0 Å². The third-order valence-corrected chi connectivity index (χ3v) is 3.70. The van der Waals surface area contributed by atoms with E-state index in [9.17, 15) is 0 Å². The highest BCUT2D eigenvalue weighted by atomic mass is 35.5. The number of nitrogens with zero attached hydrogens (tertiary/aromatic N) is 1. The molecule has 0 aliphatic carbocycles. The van der Waals surface area contributed by atoms with Crippen molar-refractivity contribution < 1.29 is 0 Å². The second-order valence-corrected chi connectivity index (χ2v) is 5.32. The molecule has 1 atom stereocenters. The van der Waals surface area contributed by atoms with Crippen LogP contribution in [0, 0.1) is 0 Å². The molecule has 3 heteroatoms. The van der Waals surface area contributed by atoms with Crippen molar-refractivity contribution in [2.75, 3.05) is 26.2 Å². The lowest BCUT2D eigenvalue weighted by Crippen LogP contribution is -2.30. The van der Waals surface area contributed by atoms with E-state index in [0.29, 0.717) is 6.04 Å². The van der Waals surface area contributed by atoms with Gasteiger partial charge in [0.05, 0.1) is 0 Å². The van der Waals surface area contributed by atoms with E-state index in [1.807, 2.05) is 12.1 Å². The second-order valence-electron chi connectivity index (χ2n) is 4.88. The van der Waals surface area contributed by atoms with Gasteiger partial charge in [0.2, 0.25) is 0 Å². The Hall–Kier alpha value is -0.570. The Morgan fingerprint density at radius 3 is 2.32 bits per heavy atom. The second kappa shape index (κ2) is 9.35. The Morgan fingerprint density at radius 2 is 1.79 bits per heavy atom.